The van der Waals surface area contributed by atoms with Gasteiger partial charge in [0, 0.05) is 23.9 Å². The van der Waals surface area contributed by atoms with Crippen LogP contribution in [0.25, 0.3) is 22.8 Å². The number of rotatable bonds is 3. The van der Waals surface area contributed by atoms with E-state index in [2.05, 4.69) is 15.1 Å². The number of nitrogens with zero attached hydrogens (tertiary/aromatic N) is 3. The molecule has 0 unspecified atom stereocenters. The van der Waals surface area contributed by atoms with E-state index in [1.807, 2.05) is 0 Å². The van der Waals surface area contributed by atoms with Gasteiger partial charge in [0.05, 0.1) is 5.69 Å². The molecule has 0 fully saturated rings. The van der Waals surface area contributed by atoms with Gasteiger partial charge in [-0.25, -0.2) is 4.39 Å². The van der Waals surface area contributed by atoms with Gasteiger partial charge >= 0.3 is 0 Å². The number of benzene rings is 1. The van der Waals surface area contributed by atoms with Crippen molar-refractivity contribution in [3.05, 3.63) is 54.1 Å². The predicted molar refractivity (Wildman–Crippen MR) is 70.8 cm³/mol. The molecule has 20 heavy (non-hydrogen) atoms. The third kappa shape index (κ3) is 2.41. The first-order valence-electron chi connectivity index (χ1n) is 6.01. The van der Waals surface area contributed by atoms with E-state index in [0.717, 1.165) is 11.3 Å². The van der Waals surface area contributed by atoms with Crippen LogP contribution < -0.4 is 5.73 Å². The molecule has 6 heteroatoms. The maximum Gasteiger partial charge on any atom is 0.258 e. The Labute approximate surface area is 114 Å². The summed E-state index contributed by atoms with van der Waals surface area (Å²) in [6, 6.07) is 9.56. The Hall–Kier alpha value is -2.60. The molecule has 0 aliphatic carbocycles. The second kappa shape index (κ2) is 5.18. The van der Waals surface area contributed by atoms with Gasteiger partial charge in [0.2, 0.25) is 5.82 Å². The Bertz CT molecular complexity index is 741. The fourth-order valence-electron chi connectivity index (χ4n) is 1.81. The third-order valence-electron chi connectivity index (χ3n) is 2.78. The Morgan fingerprint density at radius 1 is 1.15 bits per heavy atom. The molecular weight excluding hydrogens is 259 g/mol. The van der Waals surface area contributed by atoms with E-state index in [4.69, 9.17) is 10.3 Å². The van der Waals surface area contributed by atoms with E-state index in [9.17, 15) is 4.39 Å². The summed E-state index contributed by atoms with van der Waals surface area (Å²) in [4.78, 5) is 8.35. The average molecular weight is 270 g/mol. The van der Waals surface area contributed by atoms with Crippen molar-refractivity contribution in [2.45, 2.75) is 6.54 Å². The summed E-state index contributed by atoms with van der Waals surface area (Å²) < 4.78 is 18.4. The van der Waals surface area contributed by atoms with Gasteiger partial charge < -0.3 is 10.3 Å². The lowest BCUT2D eigenvalue weighted by molar-refractivity contribution is 0.432. The lowest BCUT2D eigenvalue weighted by Crippen LogP contribution is -1.98. The zero-order valence-electron chi connectivity index (χ0n) is 10.5. The highest BCUT2D eigenvalue weighted by Gasteiger charge is 2.11. The molecule has 5 nitrogen and oxygen atoms in total. The van der Waals surface area contributed by atoms with Crippen LogP contribution in [-0.2, 0) is 6.54 Å². The first kappa shape index (κ1) is 12.4. The Kier molecular flexibility index (Phi) is 3.22. The van der Waals surface area contributed by atoms with Gasteiger partial charge in [-0.15, -0.1) is 0 Å². The molecule has 3 aromatic rings. The molecule has 0 amide bonds. The molecule has 0 radical (unpaired) electrons. The first-order chi connectivity index (χ1) is 9.76. The molecular formula is C14H11FN4O. The molecule has 0 saturated heterocycles. The van der Waals surface area contributed by atoms with Crippen molar-refractivity contribution in [2.24, 2.45) is 5.73 Å². The van der Waals surface area contributed by atoms with E-state index in [1.165, 1.54) is 12.1 Å². The molecule has 0 atom stereocenters. The van der Waals surface area contributed by atoms with E-state index in [-0.39, 0.29) is 5.82 Å². The van der Waals surface area contributed by atoms with E-state index >= 15 is 0 Å². The van der Waals surface area contributed by atoms with Gasteiger partial charge in [0.1, 0.15) is 5.82 Å². The van der Waals surface area contributed by atoms with Crippen LogP contribution in [0.3, 0.4) is 0 Å². The highest BCUT2D eigenvalue weighted by Crippen LogP contribution is 2.22. The van der Waals surface area contributed by atoms with E-state index in [1.54, 1.807) is 30.5 Å². The normalized spacial score (nSPS) is 10.7. The molecule has 0 aliphatic heterocycles. The fraction of sp³-hybridized carbons (Fsp3) is 0.0714. The van der Waals surface area contributed by atoms with Gasteiger partial charge in [0.15, 0.2) is 0 Å². The molecule has 2 N–H and O–H groups in total. The van der Waals surface area contributed by atoms with Crippen LogP contribution >= 0.6 is 0 Å². The number of aromatic nitrogens is 3. The minimum absolute atomic E-state index is 0.332. The third-order valence-corrected chi connectivity index (χ3v) is 2.78. The summed E-state index contributed by atoms with van der Waals surface area (Å²) >= 11 is 0. The molecule has 0 bridgehead atoms. The summed E-state index contributed by atoms with van der Waals surface area (Å²) in [7, 11) is 0. The largest absolute Gasteiger partial charge is 0.334 e. The summed E-state index contributed by atoms with van der Waals surface area (Å²) in [5, 5.41) is 3.85. The molecule has 100 valence electrons. The van der Waals surface area contributed by atoms with Gasteiger partial charge in [0.25, 0.3) is 5.89 Å². The number of nitrogens with two attached hydrogens (primary N) is 1. The van der Waals surface area contributed by atoms with Gasteiger partial charge in [-0.2, -0.15) is 4.98 Å². The highest BCUT2D eigenvalue weighted by molar-refractivity contribution is 5.59. The lowest BCUT2D eigenvalue weighted by Gasteiger charge is -1.97. The zero-order chi connectivity index (χ0) is 13.9. The average Bonchev–Trinajstić information content (AvgIpc) is 2.97. The highest BCUT2D eigenvalue weighted by atomic mass is 19.1. The summed E-state index contributed by atoms with van der Waals surface area (Å²) in [6.07, 6.45) is 1.63. The summed E-state index contributed by atoms with van der Waals surface area (Å²) in [5.74, 6) is 0.343. The molecule has 1 aromatic carbocycles. The SMILES string of the molecule is NCc1cc(-c2nc(-c3cccc(F)c3)no2)ccn1. The molecule has 3 rings (SSSR count). The standard InChI is InChI=1S/C14H11FN4O/c15-11-3-1-2-9(6-11)13-18-14(20-19-13)10-4-5-17-12(7-10)8-16/h1-7H,8,16H2. The topological polar surface area (TPSA) is 77.8 Å². The maximum atomic E-state index is 13.2. The summed E-state index contributed by atoms with van der Waals surface area (Å²) in [5.41, 5.74) is 7.56. The molecule has 2 aromatic heterocycles. The fourth-order valence-corrected chi connectivity index (χ4v) is 1.81. The number of hydrogen-bond donors (Lipinski definition) is 1. The van der Waals surface area contributed by atoms with Crippen molar-refractivity contribution >= 4 is 0 Å². The lowest BCUT2D eigenvalue weighted by atomic mass is 10.2. The van der Waals surface area contributed by atoms with Crippen LogP contribution in [0.2, 0.25) is 0 Å². The van der Waals surface area contributed by atoms with Crippen molar-refractivity contribution in [1.82, 2.24) is 15.1 Å². The van der Waals surface area contributed by atoms with Crippen LogP contribution in [0.5, 0.6) is 0 Å². The predicted octanol–water partition coefficient (Wildman–Crippen LogP) is 2.40. The van der Waals surface area contributed by atoms with Gasteiger partial charge in [-0.05, 0) is 24.3 Å². The zero-order valence-corrected chi connectivity index (χ0v) is 10.5. The Morgan fingerprint density at radius 2 is 2.05 bits per heavy atom. The Morgan fingerprint density at radius 3 is 2.85 bits per heavy atom. The quantitative estimate of drug-likeness (QED) is 0.790. The second-order valence-corrected chi connectivity index (χ2v) is 4.17. The second-order valence-electron chi connectivity index (χ2n) is 4.17. The minimum atomic E-state index is -0.344. The monoisotopic (exact) mass is 270 g/mol. The molecule has 0 saturated carbocycles. The molecule has 0 spiro atoms. The number of halogens is 1. The van der Waals surface area contributed by atoms with Gasteiger partial charge in [-0.1, -0.05) is 17.3 Å². The number of pyridine rings is 1. The van der Waals surface area contributed by atoms with Crippen LogP contribution in [0.1, 0.15) is 5.69 Å². The first-order valence-corrected chi connectivity index (χ1v) is 6.01. The van der Waals surface area contributed by atoms with Crippen molar-refractivity contribution in [3.8, 4) is 22.8 Å². The van der Waals surface area contributed by atoms with Crippen molar-refractivity contribution < 1.29 is 8.91 Å². The van der Waals surface area contributed by atoms with Crippen molar-refractivity contribution in [1.29, 1.82) is 0 Å². The van der Waals surface area contributed by atoms with E-state index < -0.39 is 0 Å². The molecule has 2 heterocycles. The Balaban J connectivity index is 1.97. The maximum absolute atomic E-state index is 13.2. The van der Waals surface area contributed by atoms with Crippen LogP contribution in [0.4, 0.5) is 4.39 Å². The van der Waals surface area contributed by atoms with Crippen LogP contribution in [0.15, 0.2) is 47.1 Å². The van der Waals surface area contributed by atoms with Gasteiger partial charge in [-0.3, -0.25) is 4.98 Å². The summed E-state index contributed by atoms with van der Waals surface area (Å²) in [6.45, 7) is 0.332. The van der Waals surface area contributed by atoms with Crippen LogP contribution in [-0.4, -0.2) is 15.1 Å². The van der Waals surface area contributed by atoms with Crippen LogP contribution in [0, 0.1) is 5.82 Å². The smallest absolute Gasteiger partial charge is 0.258 e. The minimum Gasteiger partial charge on any atom is -0.334 e. The van der Waals surface area contributed by atoms with Crippen molar-refractivity contribution in [3.63, 3.8) is 0 Å². The van der Waals surface area contributed by atoms with Crippen molar-refractivity contribution in [2.75, 3.05) is 0 Å². The number of hydrogen-bond acceptors (Lipinski definition) is 5. The van der Waals surface area contributed by atoms with E-state index in [0.29, 0.717) is 23.8 Å². The molecule has 0 aliphatic rings.